The van der Waals surface area contributed by atoms with E-state index in [4.69, 9.17) is 16.7 Å². The van der Waals surface area contributed by atoms with Gasteiger partial charge in [-0.3, -0.25) is 0 Å². The predicted octanol–water partition coefficient (Wildman–Crippen LogP) is 2.42. The van der Waals surface area contributed by atoms with Crippen LogP contribution in [-0.2, 0) is 6.54 Å². The molecular formula is C12H16ClF3N2O. The molecule has 0 aliphatic rings. The van der Waals surface area contributed by atoms with Crippen LogP contribution in [0.25, 0.3) is 0 Å². The van der Waals surface area contributed by atoms with Gasteiger partial charge in [0.15, 0.2) is 0 Å². The molecular weight excluding hydrogens is 281 g/mol. The van der Waals surface area contributed by atoms with Gasteiger partial charge in [0.05, 0.1) is 17.3 Å². The summed E-state index contributed by atoms with van der Waals surface area (Å²) in [6.07, 6.45) is -4.35. The quantitative estimate of drug-likeness (QED) is 0.846. The van der Waals surface area contributed by atoms with Crippen LogP contribution in [0.1, 0.15) is 5.56 Å². The van der Waals surface area contributed by atoms with Gasteiger partial charge in [-0.05, 0) is 24.7 Å². The van der Waals surface area contributed by atoms with Crippen molar-refractivity contribution < 1.29 is 18.3 Å². The van der Waals surface area contributed by atoms with Crippen LogP contribution in [0, 0.1) is 0 Å². The number of benzene rings is 1. The molecule has 0 aromatic heterocycles. The molecule has 0 aliphatic carbocycles. The number of alkyl halides is 3. The van der Waals surface area contributed by atoms with Gasteiger partial charge in [-0.25, -0.2) is 0 Å². The minimum absolute atomic E-state index is 0.120. The number of anilines is 1. The van der Waals surface area contributed by atoms with Gasteiger partial charge in [-0.2, -0.15) is 13.2 Å². The molecule has 0 atom stereocenters. The molecule has 0 fully saturated rings. The molecule has 0 heterocycles. The minimum Gasteiger partial charge on any atom is -0.395 e. The van der Waals surface area contributed by atoms with Gasteiger partial charge in [0.25, 0.3) is 0 Å². The van der Waals surface area contributed by atoms with E-state index in [0.717, 1.165) is 10.5 Å². The molecule has 1 aromatic carbocycles. The van der Waals surface area contributed by atoms with E-state index >= 15 is 0 Å². The van der Waals surface area contributed by atoms with Crippen molar-refractivity contribution in [2.45, 2.75) is 12.7 Å². The average molecular weight is 297 g/mol. The summed E-state index contributed by atoms with van der Waals surface area (Å²) in [6, 6.07) is 4.86. The lowest BCUT2D eigenvalue weighted by Crippen LogP contribution is -2.36. The fourth-order valence-electron chi connectivity index (χ4n) is 1.74. The zero-order valence-electron chi connectivity index (χ0n) is 10.5. The van der Waals surface area contributed by atoms with Gasteiger partial charge in [0, 0.05) is 13.1 Å². The number of aliphatic hydroxyl groups is 1. The Morgan fingerprint density at radius 3 is 2.53 bits per heavy atom. The van der Waals surface area contributed by atoms with Crippen molar-refractivity contribution >= 4 is 17.3 Å². The van der Waals surface area contributed by atoms with Crippen LogP contribution in [-0.4, -0.2) is 38.0 Å². The van der Waals surface area contributed by atoms with Gasteiger partial charge in [-0.1, -0.05) is 17.7 Å². The zero-order chi connectivity index (χ0) is 14.5. The van der Waals surface area contributed by atoms with Crippen molar-refractivity contribution in [2.24, 2.45) is 0 Å². The maximum Gasteiger partial charge on any atom is 0.405 e. The number of halogens is 4. The number of rotatable bonds is 6. The first kappa shape index (κ1) is 16.1. The number of hydrogen-bond acceptors (Lipinski definition) is 3. The lowest BCUT2D eigenvalue weighted by molar-refractivity contribution is -0.119. The maximum atomic E-state index is 12.5. The average Bonchev–Trinajstić information content (AvgIpc) is 2.27. The van der Waals surface area contributed by atoms with E-state index in [2.05, 4.69) is 5.32 Å². The monoisotopic (exact) mass is 296 g/mol. The first-order valence-electron chi connectivity index (χ1n) is 5.73. The fourth-order valence-corrected chi connectivity index (χ4v) is 2.07. The van der Waals surface area contributed by atoms with E-state index < -0.39 is 12.7 Å². The van der Waals surface area contributed by atoms with Crippen LogP contribution >= 0.6 is 11.6 Å². The molecule has 0 unspecified atom stereocenters. The van der Waals surface area contributed by atoms with Crippen molar-refractivity contribution in [1.29, 1.82) is 0 Å². The van der Waals surface area contributed by atoms with Crippen LogP contribution in [0.5, 0.6) is 0 Å². The van der Waals surface area contributed by atoms with Crippen LogP contribution in [0.3, 0.4) is 0 Å². The first-order valence-corrected chi connectivity index (χ1v) is 6.10. The molecule has 1 rings (SSSR count). The Kier molecular flexibility index (Phi) is 5.90. The normalized spacial score (nSPS) is 11.7. The number of hydrogen-bond donors (Lipinski definition) is 2. The zero-order valence-corrected chi connectivity index (χ0v) is 11.2. The van der Waals surface area contributed by atoms with Gasteiger partial charge < -0.3 is 15.3 Å². The Hall–Kier alpha value is -0.980. The molecule has 0 bridgehead atoms. The minimum atomic E-state index is -4.35. The van der Waals surface area contributed by atoms with Crippen molar-refractivity contribution in [3.05, 3.63) is 28.8 Å². The molecule has 2 N–H and O–H groups in total. The molecule has 0 saturated heterocycles. The molecule has 0 saturated carbocycles. The number of aliphatic hydroxyl groups excluding tert-OH is 1. The SMILES string of the molecule is CNCc1ccc(N(CCO)CC(F)(F)F)c(Cl)c1. The largest absolute Gasteiger partial charge is 0.405 e. The number of nitrogens with zero attached hydrogens (tertiary/aromatic N) is 1. The highest BCUT2D eigenvalue weighted by Crippen LogP contribution is 2.29. The lowest BCUT2D eigenvalue weighted by Gasteiger charge is -2.26. The van der Waals surface area contributed by atoms with E-state index in [1.165, 1.54) is 6.07 Å². The maximum absolute atomic E-state index is 12.5. The molecule has 108 valence electrons. The van der Waals surface area contributed by atoms with Gasteiger partial charge in [0.1, 0.15) is 6.54 Å². The molecule has 3 nitrogen and oxygen atoms in total. The summed E-state index contributed by atoms with van der Waals surface area (Å²) in [5.74, 6) is 0. The molecule has 19 heavy (non-hydrogen) atoms. The molecule has 0 radical (unpaired) electrons. The van der Waals surface area contributed by atoms with E-state index in [0.29, 0.717) is 6.54 Å². The second-order valence-corrected chi connectivity index (χ2v) is 4.48. The summed E-state index contributed by atoms with van der Waals surface area (Å²) in [5.41, 5.74) is 1.15. The van der Waals surface area contributed by atoms with Crippen molar-refractivity contribution in [3.63, 3.8) is 0 Å². The van der Waals surface area contributed by atoms with Crippen molar-refractivity contribution in [1.82, 2.24) is 5.32 Å². The second-order valence-electron chi connectivity index (χ2n) is 4.08. The van der Waals surface area contributed by atoms with Gasteiger partial charge >= 0.3 is 6.18 Å². The Bertz CT molecular complexity index is 412. The van der Waals surface area contributed by atoms with Crippen molar-refractivity contribution in [2.75, 3.05) is 31.6 Å². The summed E-state index contributed by atoms with van der Waals surface area (Å²) in [5, 5.41) is 12.0. The second kappa shape index (κ2) is 6.98. The standard InChI is InChI=1S/C12H16ClF3N2O/c1-17-7-9-2-3-11(10(13)6-9)18(4-5-19)8-12(14,15)16/h2-3,6,17,19H,4-5,7-8H2,1H3. The third-order valence-electron chi connectivity index (χ3n) is 2.47. The molecule has 1 aromatic rings. The topological polar surface area (TPSA) is 35.5 Å². The van der Waals surface area contributed by atoms with E-state index in [-0.39, 0.29) is 23.9 Å². The van der Waals surface area contributed by atoms with Crippen LogP contribution in [0.2, 0.25) is 5.02 Å². The third-order valence-corrected chi connectivity index (χ3v) is 2.78. The van der Waals surface area contributed by atoms with Crippen LogP contribution in [0.4, 0.5) is 18.9 Å². The highest BCUT2D eigenvalue weighted by atomic mass is 35.5. The summed E-state index contributed by atoms with van der Waals surface area (Å²) >= 11 is 6.01. The van der Waals surface area contributed by atoms with Gasteiger partial charge in [0.2, 0.25) is 0 Å². The Balaban J connectivity index is 2.95. The van der Waals surface area contributed by atoms with E-state index in [9.17, 15) is 13.2 Å². The Morgan fingerprint density at radius 2 is 2.05 bits per heavy atom. The molecule has 0 amide bonds. The van der Waals surface area contributed by atoms with Crippen LogP contribution in [0.15, 0.2) is 18.2 Å². The first-order chi connectivity index (χ1) is 8.87. The van der Waals surface area contributed by atoms with E-state index in [1.807, 2.05) is 0 Å². The number of nitrogens with one attached hydrogen (secondary N) is 1. The molecule has 0 aliphatic heterocycles. The fraction of sp³-hybridized carbons (Fsp3) is 0.500. The summed E-state index contributed by atoms with van der Waals surface area (Å²) in [4.78, 5) is 1.02. The Labute approximate surface area is 115 Å². The molecule has 0 spiro atoms. The smallest absolute Gasteiger partial charge is 0.395 e. The highest BCUT2D eigenvalue weighted by Gasteiger charge is 2.31. The summed E-state index contributed by atoms with van der Waals surface area (Å²) in [6.45, 7) is -1.05. The highest BCUT2D eigenvalue weighted by molar-refractivity contribution is 6.33. The third kappa shape index (κ3) is 5.26. The van der Waals surface area contributed by atoms with Crippen LogP contribution < -0.4 is 10.2 Å². The van der Waals surface area contributed by atoms with Crippen molar-refractivity contribution in [3.8, 4) is 0 Å². The predicted molar refractivity (Wildman–Crippen MR) is 69.6 cm³/mol. The lowest BCUT2D eigenvalue weighted by atomic mass is 10.2. The van der Waals surface area contributed by atoms with E-state index in [1.54, 1.807) is 19.2 Å². The molecule has 7 heteroatoms. The van der Waals surface area contributed by atoms with Gasteiger partial charge in [-0.15, -0.1) is 0 Å². The summed E-state index contributed by atoms with van der Waals surface area (Å²) in [7, 11) is 1.77. The Morgan fingerprint density at radius 1 is 1.37 bits per heavy atom. The summed E-state index contributed by atoms with van der Waals surface area (Å²) < 4.78 is 37.4.